The Morgan fingerprint density at radius 1 is 1.03 bits per heavy atom. The van der Waals surface area contributed by atoms with Gasteiger partial charge in [-0.25, -0.2) is 0 Å². The maximum Gasteiger partial charge on any atom is 0.274 e. The lowest BCUT2D eigenvalue weighted by molar-refractivity contribution is -0.111. The summed E-state index contributed by atoms with van der Waals surface area (Å²) in [6.45, 7) is 0. The van der Waals surface area contributed by atoms with Gasteiger partial charge in [-0.3, -0.25) is 4.79 Å². The van der Waals surface area contributed by atoms with E-state index in [-0.39, 0.29) is 5.70 Å². The van der Waals surface area contributed by atoms with Gasteiger partial charge in [0, 0.05) is 23.4 Å². The van der Waals surface area contributed by atoms with E-state index in [0.29, 0.717) is 28.8 Å². The maximum absolute atomic E-state index is 13.3. The smallest absolute Gasteiger partial charge is 0.274 e. The number of tetrazole rings is 1. The Balaban J connectivity index is 1.72. The average Bonchev–Trinajstić information content (AvgIpc) is 3.50. The van der Waals surface area contributed by atoms with Crippen LogP contribution in [0.15, 0.2) is 71.3 Å². The molecule has 31 heavy (non-hydrogen) atoms. The predicted octanol–water partition coefficient (Wildman–Crippen LogP) is 3.59. The van der Waals surface area contributed by atoms with Crippen molar-refractivity contribution >= 4 is 23.4 Å². The molecule has 2 aromatic carbocycles. The summed E-state index contributed by atoms with van der Waals surface area (Å²) in [4.78, 5) is 13.3. The number of ether oxygens (including phenoxy) is 2. The molecule has 4 rings (SSSR count). The standard InChI is InChI=1S/C22H19N5O4/c1-29-19-11-10-16(13-20(19)30-2)23-22(28)18(14-17-9-6-12-31-17)27-21(24-25-26-27)15-7-4-3-5-8-15/h3-14H,1-2H3,(H,23,28). The molecule has 0 spiro atoms. The first kappa shape index (κ1) is 19.9. The molecule has 4 aromatic rings. The van der Waals surface area contributed by atoms with Crippen LogP contribution in [-0.2, 0) is 4.79 Å². The van der Waals surface area contributed by atoms with Crippen LogP contribution in [-0.4, -0.2) is 40.3 Å². The summed E-state index contributed by atoms with van der Waals surface area (Å²) < 4.78 is 17.3. The van der Waals surface area contributed by atoms with E-state index in [4.69, 9.17) is 13.9 Å². The number of nitrogens with one attached hydrogen (secondary N) is 1. The summed E-state index contributed by atoms with van der Waals surface area (Å²) in [6, 6.07) is 17.9. The fourth-order valence-corrected chi connectivity index (χ4v) is 2.96. The van der Waals surface area contributed by atoms with E-state index in [2.05, 4.69) is 20.8 Å². The highest BCUT2D eigenvalue weighted by Gasteiger charge is 2.20. The highest BCUT2D eigenvalue weighted by atomic mass is 16.5. The molecule has 1 N–H and O–H groups in total. The van der Waals surface area contributed by atoms with Crippen molar-refractivity contribution in [2.75, 3.05) is 19.5 Å². The molecule has 156 valence electrons. The van der Waals surface area contributed by atoms with Crippen LogP contribution in [0.4, 0.5) is 5.69 Å². The zero-order chi connectivity index (χ0) is 21.6. The minimum atomic E-state index is -0.437. The Kier molecular flexibility index (Phi) is 5.75. The monoisotopic (exact) mass is 417 g/mol. The molecule has 0 radical (unpaired) electrons. The van der Waals surface area contributed by atoms with Crippen LogP contribution in [0.25, 0.3) is 23.2 Å². The molecule has 1 amide bonds. The molecule has 0 saturated heterocycles. The second-order valence-corrected chi connectivity index (χ2v) is 6.35. The van der Waals surface area contributed by atoms with Crippen molar-refractivity contribution < 1.29 is 18.7 Å². The van der Waals surface area contributed by atoms with Crippen LogP contribution in [0.2, 0.25) is 0 Å². The van der Waals surface area contributed by atoms with E-state index in [1.165, 1.54) is 18.1 Å². The van der Waals surface area contributed by atoms with Crippen LogP contribution in [0.3, 0.4) is 0 Å². The van der Waals surface area contributed by atoms with Gasteiger partial charge in [0.1, 0.15) is 11.5 Å². The molecule has 0 bridgehead atoms. The van der Waals surface area contributed by atoms with Crippen molar-refractivity contribution in [2.45, 2.75) is 0 Å². The molecule has 0 saturated carbocycles. The number of nitrogens with zero attached hydrogens (tertiary/aromatic N) is 4. The van der Waals surface area contributed by atoms with Crippen LogP contribution in [0, 0.1) is 0 Å². The first-order valence-electron chi connectivity index (χ1n) is 9.32. The third kappa shape index (κ3) is 4.30. The van der Waals surface area contributed by atoms with Gasteiger partial charge in [0.2, 0.25) is 0 Å². The van der Waals surface area contributed by atoms with Crippen molar-refractivity contribution in [3.63, 3.8) is 0 Å². The molecular formula is C22H19N5O4. The normalized spacial score (nSPS) is 11.2. The third-order valence-corrected chi connectivity index (χ3v) is 4.43. The van der Waals surface area contributed by atoms with Gasteiger partial charge in [0.05, 0.1) is 20.5 Å². The molecule has 0 unspecified atom stereocenters. The van der Waals surface area contributed by atoms with E-state index in [9.17, 15) is 4.79 Å². The zero-order valence-electron chi connectivity index (χ0n) is 16.9. The van der Waals surface area contributed by atoms with Gasteiger partial charge in [-0.15, -0.1) is 5.10 Å². The molecule has 9 nitrogen and oxygen atoms in total. The van der Waals surface area contributed by atoms with Crippen LogP contribution in [0.1, 0.15) is 5.76 Å². The van der Waals surface area contributed by atoms with Gasteiger partial charge >= 0.3 is 0 Å². The summed E-state index contributed by atoms with van der Waals surface area (Å²) in [5.74, 6) is 1.50. The number of aromatic nitrogens is 4. The molecule has 2 heterocycles. The minimum absolute atomic E-state index is 0.175. The molecule has 2 aromatic heterocycles. The molecule has 0 aliphatic rings. The van der Waals surface area contributed by atoms with Crippen LogP contribution < -0.4 is 14.8 Å². The van der Waals surface area contributed by atoms with E-state index in [0.717, 1.165) is 5.56 Å². The van der Waals surface area contributed by atoms with Gasteiger partial charge in [0.15, 0.2) is 17.3 Å². The first-order valence-corrected chi connectivity index (χ1v) is 9.32. The topological polar surface area (TPSA) is 104 Å². The molecular weight excluding hydrogens is 398 g/mol. The number of furan rings is 1. The second kappa shape index (κ2) is 8.95. The maximum atomic E-state index is 13.3. The molecule has 0 fully saturated rings. The molecule has 0 atom stereocenters. The predicted molar refractivity (Wildman–Crippen MR) is 114 cm³/mol. The Bertz CT molecular complexity index is 1200. The van der Waals surface area contributed by atoms with E-state index < -0.39 is 5.91 Å². The summed E-state index contributed by atoms with van der Waals surface area (Å²) in [7, 11) is 3.07. The number of carbonyl (C=O) groups excluding carboxylic acids is 1. The van der Waals surface area contributed by atoms with E-state index in [1.54, 1.807) is 43.5 Å². The molecule has 9 heteroatoms. The van der Waals surface area contributed by atoms with E-state index >= 15 is 0 Å². The number of anilines is 1. The highest BCUT2D eigenvalue weighted by molar-refractivity contribution is 6.24. The fraction of sp³-hybridized carbons (Fsp3) is 0.0909. The second-order valence-electron chi connectivity index (χ2n) is 6.35. The van der Waals surface area contributed by atoms with Crippen molar-refractivity contribution in [2.24, 2.45) is 0 Å². The number of hydrogen-bond acceptors (Lipinski definition) is 7. The summed E-state index contributed by atoms with van der Waals surface area (Å²) in [5.41, 5.74) is 1.45. The van der Waals surface area contributed by atoms with E-state index in [1.807, 2.05) is 30.3 Å². The lowest BCUT2D eigenvalue weighted by Crippen LogP contribution is -2.19. The number of carbonyl (C=O) groups is 1. The highest BCUT2D eigenvalue weighted by Crippen LogP contribution is 2.30. The number of hydrogen-bond donors (Lipinski definition) is 1. The van der Waals surface area contributed by atoms with Crippen LogP contribution >= 0.6 is 0 Å². The van der Waals surface area contributed by atoms with Crippen molar-refractivity contribution in [1.82, 2.24) is 20.2 Å². The summed E-state index contributed by atoms with van der Waals surface area (Å²) in [5, 5.41) is 14.7. The first-order chi connectivity index (χ1) is 15.2. The number of amides is 1. The molecule has 0 aliphatic carbocycles. The van der Waals surface area contributed by atoms with Crippen molar-refractivity contribution in [3.05, 3.63) is 72.7 Å². The Morgan fingerprint density at radius 2 is 1.84 bits per heavy atom. The largest absolute Gasteiger partial charge is 0.493 e. The average molecular weight is 417 g/mol. The Hall–Kier alpha value is -4.40. The van der Waals surface area contributed by atoms with Gasteiger partial charge < -0.3 is 19.2 Å². The minimum Gasteiger partial charge on any atom is -0.493 e. The van der Waals surface area contributed by atoms with Crippen LogP contribution in [0.5, 0.6) is 11.5 Å². The fourth-order valence-electron chi connectivity index (χ4n) is 2.96. The zero-order valence-corrected chi connectivity index (χ0v) is 16.9. The quantitative estimate of drug-likeness (QED) is 0.458. The number of benzene rings is 2. The van der Waals surface area contributed by atoms with Crippen molar-refractivity contribution in [3.8, 4) is 22.9 Å². The Labute approximate surface area is 177 Å². The number of methoxy groups -OCH3 is 2. The third-order valence-electron chi connectivity index (χ3n) is 4.43. The summed E-state index contributed by atoms with van der Waals surface area (Å²) >= 11 is 0. The Morgan fingerprint density at radius 3 is 2.55 bits per heavy atom. The van der Waals surface area contributed by atoms with Gasteiger partial charge in [-0.2, -0.15) is 4.68 Å². The summed E-state index contributed by atoms with van der Waals surface area (Å²) in [6.07, 6.45) is 3.09. The lowest BCUT2D eigenvalue weighted by atomic mass is 10.2. The van der Waals surface area contributed by atoms with Gasteiger partial charge in [0.25, 0.3) is 5.91 Å². The lowest BCUT2D eigenvalue weighted by Gasteiger charge is -2.12. The van der Waals surface area contributed by atoms with Gasteiger partial charge in [-0.05, 0) is 34.7 Å². The molecule has 0 aliphatic heterocycles. The van der Waals surface area contributed by atoms with Crippen molar-refractivity contribution in [1.29, 1.82) is 0 Å². The SMILES string of the molecule is COc1ccc(NC(=O)C(=Cc2ccco2)n2nnnc2-c2ccccc2)cc1OC. The van der Waals surface area contributed by atoms with Gasteiger partial charge in [-0.1, -0.05) is 30.3 Å². The number of rotatable bonds is 7.